The van der Waals surface area contributed by atoms with Gasteiger partial charge in [0.15, 0.2) is 0 Å². The lowest BCUT2D eigenvalue weighted by atomic mass is 9.99. The molecule has 1 aromatic rings. The molecule has 2 rings (SSSR count). The second-order valence-electron chi connectivity index (χ2n) is 5.56. The van der Waals surface area contributed by atoms with Gasteiger partial charge < -0.3 is 15.2 Å². The van der Waals surface area contributed by atoms with E-state index in [4.69, 9.17) is 9.84 Å². The van der Waals surface area contributed by atoms with Crippen LogP contribution >= 0.6 is 0 Å². The molecule has 1 saturated heterocycles. The van der Waals surface area contributed by atoms with Crippen LogP contribution in [-0.4, -0.2) is 35.7 Å². The summed E-state index contributed by atoms with van der Waals surface area (Å²) in [6.45, 7) is 4.99. The van der Waals surface area contributed by atoms with E-state index in [-0.39, 0.29) is 11.4 Å². The Kier molecular flexibility index (Phi) is 4.43. The highest BCUT2D eigenvalue weighted by Gasteiger charge is 2.31. The van der Waals surface area contributed by atoms with Crippen molar-refractivity contribution < 1.29 is 19.4 Å². The molecular weight excluding hydrogens is 270 g/mol. The minimum absolute atomic E-state index is 0.173. The number of carboxylic acids is 1. The van der Waals surface area contributed by atoms with Crippen molar-refractivity contribution in [1.29, 1.82) is 0 Å². The number of benzene rings is 1. The topological polar surface area (TPSA) is 75.6 Å². The minimum Gasteiger partial charge on any atom is -0.478 e. The first kappa shape index (κ1) is 15.3. The van der Waals surface area contributed by atoms with Gasteiger partial charge in [-0.2, -0.15) is 0 Å². The van der Waals surface area contributed by atoms with Gasteiger partial charge >= 0.3 is 5.97 Å². The molecule has 5 heteroatoms. The van der Waals surface area contributed by atoms with Crippen molar-refractivity contribution in [2.24, 2.45) is 0 Å². The van der Waals surface area contributed by atoms with Crippen LogP contribution in [0.1, 0.15) is 34.8 Å². The Labute approximate surface area is 123 Å². The Bertz CT molecular complexity index is 586. The number of amides is 1. The summed E-state index contributed by atoms with van der Waals surface area (Å²) in [4.78, 5) is 22.9. The molecule has 1 aromatic carbocycles. The molecule has 112 valence electrons. The van der Waals surface area contributed by atoms with Gasteiger partial charge in [-0.1, -0.05) is 6.07 Å². The van der Waals surface area contributed by atoms with Gasteiger partial charge in [-0.3, -0.25) is 4.79 Å². The molecule has 0 spiro atoms. The highest BCUT2D eigenvalue weighted by atomic mass is 16.5. The van der Waals surface area contributed by atoms with Gasteiger partial charge in [-0.05, 0) is 49.6 Å². The van der Waals surface area contributed by atoms with E-state index in [1.165, 1.54) is 6.08 Å². The number of carboxylic acid groups (broad SMARTS) is 1. The van der Waals surface area contributed by atoms with Gasteiger partial charge in [0.05, 0.1) is 12.1 Å². The zero-order chi connectivity index (χ0) is 15.5. The number of ether oxygens (including phenoxy) is 1. The fraction of sp³-hybridized carbons (Fsp3) is 0.375. The quantitative estimate of drug-likeness (QED) is 0.831. The number of carbonyl (C=O) groups excluding carboxylic acids is 1. The fourth-order valence-corrected chi connectivity index (χ4v) is 2.23. The first-order valence-electron chi connectivity index (χ1n) is 6.82. The lowest BCUT2D eigenvalue weighted by molar-refractivity contribution is -0.131. The van der Waals surface area contributed by atoms with Gasteiger partial charge in [0, 0.05) is 18.2 Å². The van der Waals surface area contributed by atoms with E-state index in [1.54, 1.807) is 12.1 Å². The number of rotatable bonds is 4. The van der Waals surface area contributed by atoms with E-state index in [2.05, 4.69) is 5.32 Å². The van der Waals surface area contributed by atoms with Crippen molar-refractivity contribution in [3.05, 3.63) is 41.0 Å². The van der Waals surface area contributed by atoms with Crippen molar-refractivity contribution in [2.75, 3.05) is 13.2 Å². The molecule has 1 amide bonds. The Morgan fingerprint density at radius 1 is 1.43 bits per heavy atom. The van der Waals surface area contributed by atoms with Crippen molar-refractivity contribution in [1.82, 2.24) is 5.32 Å². The zero-order valence-electron chi connectivity index (χ0n) is 12.2. The van der Waals surface area contributed by atoms with Crippen LogP contribution in [0.3, 0.4) is 0 Å². The number of nitrogens with one attached hydrogen (secondary N) is 1. The molecule has 0 saturated carbocycles. The van der Waals surface area contributed by atoms with Gasteiger partial charge in [0.2, 0.25) is 0 Å². The largest absolute Gasteiger partial charge is 0.478 e. The number of hydrogen-bond donors (Lipinski definition) is 2. The fourth-order valence-electron chi connectivity index (χ4n) is 2.23. The maximum Gasteiger partial charge on any atom is 0.328 e. The molecule has 1 heterocycles. The third-order valence-electron chi connectivity index (χ3n) is 3.58. The molecule has 1 fully saturated rings. The summed E-state index contributed by atoms with van der Waals surface area (Å²) in [6, 6.07) is 5.25. The highest BCUT2D eigenvalue weighted by Crippen LogP contribution is 2.19. The smallest absolute Gasteiger partial charge is 0.328 e. The Morgan fingerprint density at radius 3 is 2.81 bits per heavy atom. The van der Waals surface area contributed by atoms with E-state index >= 15 is 0 Å². The van der Waals surface area contributed by atoms with Crippen LogP contribution in [0.5, 0.6) is 0 Å². The summed E-state index contributed by atoms with van der Waals surface area (Å²) >= 11 is 0. The first-order chi connectivity index (χ1) is 9.89. The molecule has 0 aromatic heterocycles. The minimum atomic E-state index is -1.01. The molecule has 1 atom stereocenters. The molecule has 1 unspecified atom stereocenters. The third-order valence-corrected chi connectivity index (χ3v) is 3.58. The zero-order valence-corrected chi connectivity index (χ0v) is 12.2. The summed E-state index contributed by atoms with van der Waals surface area (Å²) in [5.41, 5.74) is 1.81. The van der Waals surface area contributed by atoms with Crippen LogP contribution in [-0.2, 0) is 9.53 Å². The van der Waals surface area contributed by atoms with Crippen LogP contribution in [0.2, 0.25) is 0 Å². The average molecular weight is 289 g/mol. The van der Waals surface area contributed by atoms with Gasteiger partial charge in [0.1, 0.15) is 0 Å². The van der Waals surface area contributed by atoms with Crippen LogP contribution in [0, 0.1) is 6.92 Å². The molecule has 1 aliphatic heterocycles. The molecule has 2 N–H and O–H groups in total. The summed E-state index contributed by atoms with van der Waals surface area (Å²) in [5.74, 6) is -1.19. The highest BCUT2D eigenvalue weighted by molar-refractivity contribution is 5.96. The summed E-state index contributed by atoms with van der Waals surface area (Å²) < 4.78 is 5.31. The summed E-state index contributed by atoms with van der Waals surface area (Å²) in [5, 5.41) is 11.7. The van der Waals surface area contributed by atoms with Crippen molar-refractivity contribution >= 4 is 18.0 Å². The normalized spacial score (nSPS) is 21.6. The Hall–Kier alpha value is -2.14. The van der Waals surface area contributed by atoms with E-state index < -0.39 is 5.97 Å². The number of hydrogen-bond acceptors (Lipinski definition) is 3. The predicted molar refractivity (Wildman–Crippen MR) is 79.2 cm³/mol. The standard InChI is InChI=1S/C16H19NO4/c1-11-3-4-13(9-12(11)5-6-14(18)19)15(20)17-16(2)7-8-21-10-16/h3-6,9H,7-8,10H2,1-2H3,(H,17,20)(H,18,19)/b6-5+. The average Bonchev–Trinajstić information content (AvgIpc) is 2.84. The van der Waals surface area contributed by atoms with Crippen LogP contribution in [0.15, 0.2) is 24.3 Å². The lowest BCUT2D eigenvalue weighted by Gasteiger charge is -2.23. The summed E-state index contributed by atoms with van der Waals surface area (Å²) in [6.07, 6.45) is 3.35. The molecule has 5 nitrogen and oxygen atoms in total. The van der Waals surface area contributed by atoms with Crippen LogP contribution in [0.25, 0.3) is 6.08 Å². The van der Waals surface area contributed by atoms with E-state index in [0.717, 1.165) is 23.6 Å². The van der Waals surface area contributed by atoms with E-state index in [0.29, 0.717) is 18.8 Å². The predicted octanol–water partition coefficient (Wildman–Crippen LogP) is 2.00. The molecule has 0 bridgehead atoms. The Morgan fingerprint density at radius 2 is 2.19 bits per heavy atom. The van der Waals surface area contributed by atoms with Gasteiger partial charge in [-0.15, -0.1) is 0 Å². The molecule has 21 heavy (non-hydrogen) atoms. The second kappa shape index (κ2) is 6.10. The van der Waals surface area contributed by atoms with Crippen LogP contribution in [0.4, 0.5) is 0 Å². The summed E-state index contributed by atoms with van der Waals surface area (Å²) in [7, 11) is 0. The Balaban J connectivity index is 2.18. The number of aliphatic carboxylic acids is 1. The SMILES string of the molecule is Cc1ccc(C(=O)NC2(C)CCOC2)cc1/C=C/C(=O)O. The number of aryl methyl sites for hydroxylation is 1. The first-order valence-corrected chi connectivity index (χ1v) is 6.82. The lowest BCUT2D eigenvalue weighted by Crippen LogP contribution is -2.46. The van der Waals surface area contributed by atoms with E-state index in [1.807, 2.05) is 19.9 Å². The van der Waals surface area contributed by atoms with Crippen molar-refractivity contribution in [2.45, 2.75) is 25.8 Å². The van der Waals surface area contributed by atoms with E-state index in [9.17, 15) is 9.59 Å². The monoisotopic (exact) mass is 289 g/mol. The molecule has 0 radical (unpaired) electrons. The number of carbonyl (C=O) groups is 2. The second-order valence-corrected chi connectivity index (χ2v) is 5.56. The van der Waals surface area contributed by atoms with Crippen molar-refractivity contribution in [3.8, 4) is 0 Å². The maximum absolute atomic E-state index is 12.3. The van der Waals surface area contributed by atoms with Gasteiger partial charge in [0.25, 0.3) is 5.91 Å². The van der Waals surface area contributed by atoms with Gasteiger partial charge in [-0.25, -0.2) is 4.79 Å². The molecular formula is C16H19NO4. The van der Waals surface area contributed by atoms with Crippen LogP contribution < -0.4 is 5.32 Å². The third kappa shape index (κ3) is 3.92. The molecule has 1 aliphatic rings. The van der Waals surface area contributed by atoms with Crippen molar-refractivity contribution in [3.63, 3.8) is 0 Å². The molecule has 0 aliphatic carbocycles. The maximum atomic E-state index is 12.3.